The lowest BCUT2D eigenvalue weighted by Crippen LogP contribution is -2.30. The van der Waals surface area contributed by atoms with Gasteiger partial charge in [0, 0.05) is 37.2 Å². The molecule has 4 rings (SSSR count). The van der Waals surface area contributed by atoms with Gasteiger partial charge in [0.05, 0.1) is 18.2 Å². The second-order valence-corrected chi connectivity index (χ2v) is 10.5. The van der Waals surface area contributed by atoms with Crippen molar-refractivity contribution in [3.63, 3.8) is 0 Å². The van der Waals surface area contributed by atoms with Gasteiger partial charge < -0.3 is 20.5 Å². The van der Waals surface area contributed by atoms with Gasteiger partial charge in [-0.25, -0.2) is 9.30 Å². The first kappa shape index (κ1) is 34.3. The smallest absolute Gasteiger partial charge is 0.142 e. The molecule has 0 aromatic heterocycles. The highest BCUT2D eigenvalue weighted by Crippen LogP contribution is 2.39. The molecule has 7 nitrogen and oxygen atoms in total. The van der Waals surface area contributed by atoms with Crippen LogP contribution in [0.3, 0.4) is 0 Å². The number of nitrogens with one attached hydrogen (secondary N) is 1. The van der Waals surface area contributed by atoms with E-state index in [1.165, 1.54) is 22.1 Å². The predicted molar refractivity (Wildman–Crippen MR) is 174 cm³/mol. The molecule has 222 valence electrons. The van der Waals surface area contributed by atoms with Crippen LogP contribution in [0.2, 0.25) is 0 Å². The Hall–Kier alpha value is -2.88. The van der Waals surface area contributed by atoms with Gasteiger partial charge in [0.2, 0.25) is 0 Å². The van der Waals surface area contributed by atoms with Crippen LogP contribution in [0.15, 0.2) is 98.9 Å². The minimum absolute atomic E-state index is 0.122. The zero-order chi connectivity index (χ0) is 30.0. The fourth-order valence-corrected chi connectivity index (χ4v) is 5.33. The fourth-order valence-electron chi connectivity index (χ4n) is 4.08. The van der Waals surface area contributed by atoms with Gasteiger partial charge in [-0.2, -0.15) is 0 Å². The molecule has 1 aliphatic carbocycles. The number of hydrogen-bond donors (Lipinski definition) is 2. The molecular formula is C32H43ClN4O3S. The summed E-state index contributed by atoms with van der Waals surface area (Å²) in [6.45, 7) is 13.7. The highest BCUT2D eigenvalue weighted by molar-refractivity contribution is 7.97. The lowest BCUT2D eigenvalue weighted by Gasteiger charge is -2.25. The monoisotopic (exact) mass is 598 g/mol. The van der Waals surface area contributed by atoms with Crippen LogP contribution in [0.25, 0.3) is 5.57 Å². The summed E-state index contributed by atoms with van der Waals surface area (Å²) >= 11 is 8.36. The number of carbonyl (C=O) groups is 1. The number of aliphatic imine (C=N–C) groups is 1. The van der Waals surface area contributed by atoms with Gasteiger partial charge >= 0.3 is 0 Å². The summed E-state index contributed by atoms with van der Waals surface area (Å²) < 4.78 is 13.7. The number of aldehydes is 1. The summed E-state index contributed by atoms with van der Waals surface area (Å²) in [5.41, 5.74) is 9.80. The van der Waals surface area contributed by atoms with Crippen molar-refractivity contribution in [1.82, 2.24) is 9.62 Å². The average molecular weight is 599 g/mol. The molecule has 0 radical (unpaired) electrons. The Labute approximate surface area is 254 Å². The molecule has 1 aromatic rings. The zero-order valence-corrected chi connectivity index (χ0v) is 26.1. The van der Waals surface area contributed by atoms with Crippen molar-refractivity contribution in [2.75, 3.05) is 39.9 Å². The minimum atomic E-state index is -0.122. The lowest BCUT2D eigenvalue weighted by molar-refractivity contribution is -0.104. The molecular weight excluding hydrogens is 556 g/mol. The van der Waals surface area contributed by atoms with Crippen LogP contribution in [0.1, 0.15) is 39.2 Å². The van der Waals surface area contributed by atoms with Crippen LogP contribution >= 0.6 is 23.5 Å². The molecule has 2 aliphatic heterocycles. The largest absolute Gasteiger partial charge is 0.484 e. The Morgan fingerprint density at radius 1 is 1.29 bits per heavy atom. The molecule has 1 unspecified atom stereocenters. The second-order valence-electron chi connectivity index (χ2n) is 8.97. The van der Waals surface area contributed by atoms with Crippen molar-refractivity contribution >= 4 is 41.6 Å². The van der Waals surface area contributed by atoms with Crippen LogP contribution in [-0.4, -0.2) is 62.8 Å². The zero-order valence-electron chi connectivity index (χ0n) is 24.6. The van der Waals surface area contributed by atoms with E-state index in [4.69, 9.17) is 26.8 Å². The van der Waals surface area contributed by atoms with Crippen LogP contribution in [-0.2, 0) is 14.3 Å². The Bertz CT molecular complexity index is 1200. The number of fused-ring (bicyclic) bond motifs is 1. The van der Waals surface area contributed by atoms with E-state index >= 15 is 0 Å². The maximum absolute atomic E-state index is 10.5. The highest BCUT2D eigenvalue weighted by atomic mass is 35.5. The first-order valence-electron chi connectivity index (χ1n) is 13.9. The maximum atomic E-state index is 10.5. The minimum Gasteiger partial charge on any atom is -0.484 e. The molecule has 3 N–H and O–H groups in total. The number of morpholine rings is 1. The van der Waals surface area contributed by atoms with Gasteiger partial charge in [-0.1, -0.05) is 56.3 Å². The summed E-state index contributed by atoms with van der Waals surface area (Å²) in [6.07, 6.45) is 13.3. The Kier molecular flexibility index (Phi) is 16.1. The topological polar surface area (TPSA) is 89.2 Å². The van der Waals surface area contributed by atoms with Crippen LogP contribution < -0.4 is 11.1 Å². The van der Waals surface area contributed by atoms with E-state index in [2.05, 4.69) is 51.5 Å². The lowest BCUT2D eigenvalue weighted by atomic mass is 10.0. The summed E-state index contributed by atoms with van der Waals surface area (Å²) in [6, 6.07) is 8.58. The molecule has 0 bridgehead atoms. The van der Waals surface area contributed by atoms with Gasteiger partial charge in [0.1, 0.15) is 24.0 Å². The molecule has 41 heavy (non-hydrogen) atoms. The van der Waals surface area contributed by atoms with Crippen molar-refractivity contribution in [3.8, 4) is 0 Å². The molecule has 2 heterocycles. The van der Waals surface area contributed by atoms with Gasteiger partial charge in [0.15, 0.2) is 0 Å². The Morgan fingerprint density at radius 3 is 2.71 bits per heavy atom. The third-order valence-electron chi connectivity index (χ3n) is 6.03. The second kappa shape index (κ2) is 19.3. The van der Waals surface area contributed by atoms with Gasteiger partial charge in [0.25, 0.3) is 0 Å². The molecule has 2 saturated heterocycles. The SMILES string of the molecule is C=C(N)/N=C\C(=C/C)CNC.CC.O=C/C=C/C1CC2=CCC(c3cccc(SN4CCOCC4)c3)=CC(Cl)=C2O1. The van der Waals surface area contributed by atoms with E-state index in [0.29, 0.717) is 10.9 Å². The average Bonchev–Trinajstić information content (AvgIpc) is 3.34. The van der Waals surface area contributed by atoms with Gasteiger partial charge in [-0.15, -0.1) is 0 Å². The number of nitrogens with zero attached hydrogens (tertiary/aromatic N) is 2. The van der Waals surface area contributed by atoms with Crippen molar-refractivity contribution < 1.29 is 14.3 Å². The maximum Gasteiger partial charge on any atom is 0.142 e. The van der Waals surface area contributed by atoms with Crippen molar-refractivity contribution in [2.24, 2.45) is 10.7 Å². The van der Waals surface area contributed by atoms with E-state index in [1.807, 2.05) is 40.0 Å². The Balaban J connectivity index is 0.000000384. The van der Waals surface area contributed by atoms with Crippen LogP contribution in [0.5, 0.6) is 0 Å². The number of ether oxygens (including phenoxy) is 2. The molecule has 1 aromatic carbocycles. The molecule has 2 fully saturated rings. The quantitative estimate of drug-likeness (QED) is 0.147. The van der Waals surface area contributed by atoms with Crippen molar-refractivity contribution in [2.45, 2.75) is 44.6 Å². The number of nitrogens with two attached hydrogens (primary N) is 1. The summed E-state index contributed by atoms with van der Waals surface area (Å²) in [5, 5.41) is 3.63. The van der Waals surface area contributed by atoms with Gasteiger partial charge in [-0.05, 0) is 85.0 Å². The van der Waals surface area contributed by atoms with E-state index in [-0.39, 0.29) is 6.10 Å². The normalized spacial score (nSPS) is 19.2. The van der Waals surface area contributed by atoms with Crippen molar-refractivity contribution in [3.05, 3.63) is 94.5 Å². The third-order valence-corrected chi connectivity index (χ3v) is 7.40. The number of hydrogen-bond acceptors (Lipinski definition) is 8. The van der Waals surface area contributed by atoms with Crippen LogP contribution in [0, 0.1) is 0 Å². The molecule has 0 saturated carbocycles. The summed E-state index contributed by atoms with van der Waals surface area (Å²) in [5.74, 6) is 1.07. The highest BCUT2D eigenvalue weighted by Gasteiger charge is 2.27. The molecule has 0 spiro atoms. The predicted octanol–water partition coefficient (Wildman–Crippen LogP) is 6.41. The van der Waals surface area contributed by atoms with E-state index in [9.17, 15) is 4.79 Å². The fraction of sp³-hybridized carbons (Fsp3) is 0.375. The number of carbonyl (C=O) groups excluding carboxylic acids is 1. The first-order valence-corrected chi connectivity index (χ1v) is 15.1. The summed E-state index contributed by atoms with van der Waals surface area (Å²) in [7, 11) is 1.88. The van der Waals surface area contributed by atoms with E-state index < -0.39 is 0 Å². The third kappa shape index (κ3) is 11.9. The van der Waals surface area contributed by atoms with Gasteiger partial charge in [-0.3, -0.25) is 4.79 Å². The number of allylic oxidation sites excluding steroid dienone is 7. The number of rotatable bonds is 9. The molecule has 9 heteroatoms. The van der Waals surface area contributed by atoms with Crippen molar-refractivity contribution in [1.29, 1.82) is 0 Å². The summed E-state index contributed by atoms with van der Waals surface area (Å²) in [4.78, 5) is 15.6. The molecule has 3 aliphatic rings. The first-order chi connectivity index (χ1) is 19.9. The number of benzene rings is 1. The number of likely N-dealkylation sites (N-methyl/N-ethyl adjacent to an activating group) is 1. The van der Waals surface area contributed by atoms with E-state index in [0.717, 1.165) is 68.9 Å². The van der Waals surface area contributed by atoms with Crippen LogP contribution in [0.4, 0.5) is 0 Å². The molecule has 1 atom stereocenters. The van der Waals surface area contributed by atoms with E-state index in [1.54, 1.807) is 24.2 Å². The number of halogens is 1. The Morgan fingerprint density at radius 2 is 2.05 bits per heavy atom. The standard InChI is InChI=1S/C22H22ClNO3S.C8H15N3.C2H6/c23-21-15-17(6-7-18-13-19(4-2-10-25)27-22(18)21)16-3-1-5-20(14-16)28-24-8-11-26-12-9-24;1-4-8(5-10-3)6-11-7(2)9;1-2/h1-5,7,10,14-15,19H,6,8-9,11-13H2;4,6,10H,2,5,9H2,1,3H3;1-2H3/b4-2+;8-4-,11-6-;. The molecule has 0 amide bonds.